The Morgan fingerprint density at radius 1 is 1.80 bits per heavy atom. The maximum absolute atomic E-state index is 10.8. The first-order chi connectivity index (χ1) is 4.72. The zero-order valence-corrected chi connectivity index (χ0v) is 5.92. The second kappa shape index (κ2) is 2.64. The molecular formula is C7H10N2O. The summed E-state index contributed by atoms with van der Waals surface area (Å²) in [4.78, 5) is 14.7. The van der Waals surface area contributed by atoms with Gasteiger partial charge in [0.1, 0.15) is 5.84 Å². The number of carbonyl (C=O) groups is 1. The molecule has 0 atom stereocenters. The molecule has 1 heterocycles. The van der Waals surface area contributed by atoms with Gasteiger partial charge in [0.2, 0.25) is 0 Å². The fourth-order valence-corrected chi connectivity index (χ4v) is 0.908. The lowest BCUT2D eigenvalue weighted by atomic mass is 10.1. The van der Waals surface area contributed by atoms with Gasteiger partial charge in [-0.15, -0.1) is 0 Å². The van der Waals surface area contributed by atoms with Crippen LogP contribution in [0.25, 0.3) is 0 Å². The van der Waals surface area contributed by atoms with Gasteiger partial charge in [0.15, 0.2) is 5.78 Å². The average Bonchev–Trinajstić information content (AvgIpc) is 1.88. The number of hydrogen-bond acceptors (Lipinski definition) is 3. The molecule has 0 aliphatic carbocycles. The third-order valence-corrected chi connectivity index (χ3v) is 1.41. The Kier molecular flexibility index (Phi) is 1.85. The van der Waals surface area contributed by atoms with Crippen LogP contribution < -0.4 is 5.73 Å². The smallest absolute Gasteiger partial charge is 0.163 e. The van der Waals surface area contributed by atoms with Gasteiger partial charge in [-0.2, -0.15) is 0 Å². The van der Waals surface area contributed by atoms with Crippen LogP contribution >= 0.6 is 0 Å². The molecule has 54 valence electrons. The summed E-state index contributed by atoms with van der Waals surface area (Å²) in [7, 11) is 0. The van der Waals surface area contributed by atoms with E-state index in [1.54, 1.807) is 0 Å². The van der Waals surface area contributed by atoms with Crippen LogP contribution in [-0.4, -0.2) is 18.2 Å². The van der Waals surface area contributed by atoms with E-state index in [1.165, 1.54) is 6.92 Å². The van der Waals surface area contributed by atoms with Crippen molar-refractivity contribution in [2.75, 3.05) is 6.54 Å². The number of carbonyl (C=O) groups excluding carboxylic acids is 1. The summed E-state index contributed by atoms with van der Waals surface area (Å²) in [6.45, 7) is 2.21. The molecule has 0 bridgehead atoms. The number of rotatable bonds is 1. The predicted octanol–water partition coefficient (Wildman–Crippen LogP) is 0.263. The van der Waals surface area contributed by atoms with Crippen molar-refractivity contribution in [1.29, 1.82) is 0 Å². The van der Waals surface area contributed by atoms with E-state index in [1.807, 2.05) is 6.08 Å². The number of nitrogens with two attached hydrogens (primary N) is 1. The van der Waals surface area contributed by atoms with Crippen LogP contribution in [0.2, 0.25) is 0 Å². The lowest BCUT2D eigenvalue weighted by Gasteiger charge is -2.06. The number of nitrogens with zero attached hydrogens (tertiary/aromatic N) is 1. The van der Waals surface area contributed by atoms with Crippen LogP contribution in [0.5, 0.6) is 0 Å². The van der Waals surface area contributed by atoms with Gasteiger partial charge in [-0.3, -0.25) is 9.79 Å². The summed E-state index contributed by atoms with van der Waals surface area (Å²) >= 11 is 0. The van der Waals surface area contributed by atoms with Crippen molar-refractivity contribution in [3.63, 3.8) is 0 Å². The Balaban J connectivity index is 2.84. The van der Waals surface area contributed by atoms with E-state index in [9.17, 15) is 4.79 Å². The van der Waals surface area contributed by atoms with Gasteiger partial charge in [-0.1, -0.05) is 6.08 Å². The number of aliphatic imine (C=N–C) groups is 1. The molecule has 0 saturated carbocycles. The van der Waals surface area contributed by atoms with E-state index in [2.05, 4.69) is 4.99 Å². The van der Waals surface area contributed by atoms with E-state index >= 15 is 0 Å². The summed E-state index contributed by atoms with van der Waals surface area (Å²) < 4.78 is 0. The largest absolute Gasteiger partial charge is 0.383 e. The number of amidine groups is 1. The van der Waals surface area contributed by atoms with E-state index in [0.717, 1.165) is 6.42 Å². The van der Waals surface area contributed by atoms with Gasteiger partial charge < -0.3 is 5.73 Å². The van der Waals surface area contributed by atoms with Crippen molar-refractivity contribution in [2.45, 2.75) is 13.3 Å². The topological polar surface area (TPSA) is 55.5 Å². The van der Waals surface area contributed by atoms with E-state index in [4.69, 9.17) is 5.73 Å². The van der Waals surface area contributed by atoms with Crippen molar-refractivity contribution in [3.05, 3.63) is 11.6 Å². The van der Waals surface area contributed by atoms with Gasteiger partial charge in [0.25, 0.3) is 0 Å². The summed E-state index contributed by atoms with van der Waals surface area (Å²) in [5.74, 6) is 0.389. The fourth-order valence-electron chi connectivity index (χ4n) is 0.908. The van der Waals surface area contributed by atoms with Gasteiger partial charge in [-0.05, 0) is 13.3 Å². The first-order valence-corrected chi connectivity index (χ1v) is 3.23. The summed E-state index contributed by atoms with van der Waals surface area (Å²) in [6, 6.07) is 0. The molecule has 0 amide bonds. The Morgan fingerprint density at radius 3 is 2.90 bits per heavy atom. The molecule has 0 saturated heterocycles. The average molecular weight is 138 g/mol. The number of dihydropyridines is 1. The Bertz CT molecular complexity index is 216. The van der Waals surface area contributed by atoms with Crippen molar-refractivity contribution >= 4 is 11.6 Å². The minimum absolute atomic E-state index is 0.000880. The highest BCUT2D eigenvalue weighted by atomic mass is 16.1. The Labute approximate surface area is 59.6 Å². The lowest BCUT2D eigenvalue weighted by molar-refractivity contribution is -0.113. The van der Waals surface area contributed by atoms with E-state index < -0.39 is 0 Å². The molecule has 0 aromatic carbocycles. The lowest BCUT2D eigenvalue weighted by Crippen LogP contribution is -2.22. The molecule has 0 unspecified atom stereocenters. The zero-order valence-electron chi connectivity index (χ0n) is 5.92. The highest BCUT2D eigenvalue weighted by Crippen LogP contribution is 2.04. The van der Waals surface area contributed by atoms with Crippen molar-refractivity contribution in [2.24, 2.45) is 10.7 Å². The van der Waals surface area contributed by atoms with Gasteiger partial charge in [-0.25, -0.2) is 0 Å². The molecule has 3 nitrogen and oxygen atoms in total. The normalized spacial score (nSPS) is 17.7. The molecule has 0 aromatic rings. The van der Waals surface area contributed by atoms with Crippen LogP contribution in [0.1, 0.15) is 13.3 Å². The van der Waals surface area contributed by atoms with Gasteiger partial charge in [0.05, 0.1) is 5.57 Å². The van der Waals surface area contributed by atoms with Crippen LogP contribution in [-0.2, 0) is 4.79 Å². The fraction of sp³-hybridized carbons (Fsp3) is 0.429. The highest BCUT2D eigenvalue weighted by molar-refractivity contribution is 6.20. The maximum atomic E-state index is 10.8. The van der Waals surface area contributed by atoms with Gasteiger partial charge >= 0.3 is 0 Å². The monoisotopic (exact) mass is 138 g/mol. The molecular weight excluding hydrogens is 128 g/mol. The van der Waals surface area contributed by atoms with Crippen molar-refractivity contribution in [3.8, 4) is 0 Å². The molecule has 0 fully saturated rings. The first kappa shape index (κ1) is 6.99. The molecule has 3 heteroatoms. The van der Waals surface area contributed by atoms with E-state index in [-0.39, 0.29) is 5.78 Å². The highest BCUT2D eigenvalue weighted by Gasteiger charge is 2.10. The van der Waals surface area contributed by atoms with E-state index in [0.29, 0.717) is 18.0 Å². The molecule has 10 heavy (non-hydrogen) atoms. The number of hydrogen-bond donors (Lipinski definition) is 1. The quantitative estimate of drug-likeness (QED) is 0.565. The molecule has 1 aliphatic heterocycles. The third-order valence-electron chi connectivity index (χ3n) is 1.41. The minimum Gasteiger partial charge on any atom is -0.383 e. The number of ketones is 1. The standard InChI is InChI=1S/C7H10N2O/c1-5(10)6-3-2-4-9-7(6)8/h3H,2,4H2,1H3,(H2,8,9). The molecule has 0 aromatic heterocycles. The second-order valence-electron chi connectivity index (χ2n) is 2.23. The van der Waals surface area contributed by atoms with Crippen molar-refractivity contribution < 1.29 is 4.79 Å². The summed E-state index contributed by atoms with van der Waals surface area (Å²) in [6.07, 6.45) is 2.67. The molecule has 1 aliphatic rings. The number of Topliss-reactive ketones (excluding diaryl/α,β-unsaturated/α-hetero) is 1. The van der Waals surface area contributed by atoms with Gasteiger partial charge in [0, 0.05) is 6.54 Å². The van der Waals surface area contributed by atoms with Crippen LogP contribution in [0.15, 0.2) is 16.6 Å². The Hall–Kier alpha value is -1.12. The second-order valence-corrected chi connectivity index (χ2v) is 2.23. The van der Waals surface area contributed by atoms with Crippen LogP contribution in [0.4, 0.5) is 0 Å². The molecule has 0 spiro atoms. The maximum Gasteiger partial charge on any atom is 0.163 e. The van der Waals surface area contributed by atoms with Crippen LogP contribution in [0, 0.1) is 0 Å². The first-order valence-electron chi connectivity index (χ1n) is 3.23. The van der Waals surface area contributed by atoms with Crippen LogP contribution in [0.3, 0.4) is 0 Å². The molecule has 0 radical (unpaired) electrons. The SMILES string of the molecule is CC(=O)C1=CCCN=C1N. The zero-order chi connectivity index (χ0) is 7.56. The van der Waals surface area contributed by atoms with Crippen molar-refractivity contribution in [1.82, 2.24) is 0 Å². The minimum atomic E-state index is 0.000880. The summed E-state index contributed by atoms with van der Waals surface area (Å²) in [5.41, 5.74) is 6.02. The Morgan fingerprint density at radius 2 is 2.50 bits per heavy atom. The molecule has 1 rings (SSSR count). The summed E-state index contributed by atoms with van der Waals surface area (Å²) in [5, 5.41) is 0. The predicted molar refractivity (Wildman–Crippen MR) is 39.9 cm³/mol. The third kappa shape index (κ3) is 1.23. The molecule has 2 N–H and O–H groups in total.